The van der Waals surface area contributed by atoms with Crippen LogP contribution in [0.5, 0.6) is 0 Å². The van der Waals surface area contributed by atoms with E-state index in [2.05, 4.69) is 15.7 Å². The van der Waals surface area contributed by atoms with Gasteiger partial charge >= 0.3 is 12.4 Å². The number of amides is 1. The molecule has 0 aliphatic carbocycles. The molecule has 34 heavy (non-hydrogen) atoms. The van der Waals surface area contributed by atoms with E-state index in [1.54, 1.807) is 11.4 Å². The number of anilines is 1. The lowest BCUT2D eigenvalue weighted by Crippen LogP contribution is -2.31. The lowest BCUT2D eigenvalue weighted by molar-refractivity contribution is -0.141. The van der Waals surface area contributed by atoms with E-state index in [1.807, 2.05) is 0 Å². The molecule has 1 amide bonds. The number of hydrogen-bond acceptors (Lipinski definition) is 5. The number of aliphatic hydroxyl groups excluding tert-OH is 1. The van der Waals surface area contributed by atoms with Crippen molar-refractivity contribution in [2.45, 2.75) is 25.0 Å². The van der Waals surface area contributed by atoms with Crippen molar-refractivity contribution in [3.8, 4) is 10.4 Å². The van der Waals surface area contributed by atoms with E-state index < -0.39 is 35.7 Å². The molecule has 180 valence electrons. The van der Waals surface area contributed by atoms with E-state index in [-0.39, 0.29) is 30.0 Å². The molecule has 1 aliphatic rings. The summed E-state index contributed by atoms with van der Waals surface area (Å²) in [6, 6.07) is 7.20. The number of aromatic nitrogens is 2. The summed E-state index contributed by atoms with van der Waals surface area (Å²) in [4.78, 5) is 12.5. The van der Waals surface area contributed by atoms with Crippen molar-refractivity contribution in [2.24, 2.45) is 0 Å². The third-order valence-electron chi connectivity index (χ3n) is 4.95. The van der Waals surface area contributed by atoms with E-state index in [0.29, 0.717) is 10.4 Å². The number of thiophene rings is 1. The van der Waals surface area contributed by atoms with Gasteiger partial charge in [0.25, 0.3) is 0 Å². The molecule has 0 radical (unpaired) electrons. The van der Waals surface area contributed by atoms with Gasteiger partial charge < -0.3 is 15.7 Å². The maximum absolute atomic E-state index is 13.6. The van der Waals surface area contributed by atoms with Crippen LogP contribution in [0.2, 0.25) is 0 Å². The normalized spacial score (nSPS) is 16.0. The predicted octanol–water partition coefficient (Wildman–Crippen LogP) is 4.81. The highest BCUT2D eigenvalue weighted by Crippen LogP contribution is 2.44. The Morgan fingerprint density at radius 1 is 1.12 bits per heavy atom. The molecule has 4 rings (SSSR count). The van der Waals surface area contributed by atoms with Crippen LogP contribution in [0.25, 0.3) is 10.4 Å². The second kappa shape index (κ2) is 8.80. The smallest absolute Gasteiger partial charge is 0.368 e. The molecule has 1 atom stereocenters. The summed E-state index contributed by atoms with van der Waals surface area (Å²) in [5.41, 5.74) is -1.63. The van der Waals surface area contributed by atoms with Crippen LogP contribution < -0.4 is 10.6 Å². The Kier molecular flexibility index (Phi) is 6.16. The fourth-order valence-corrected chi connectivity index (χ4v) is 4.17. The molecule has 6 nitrogen and oxygen atoms in total. The van der Waals surface area contributed by atoms with Crippen LogP contribution in [0.1, 0.15) is 23.0 Å². The van der Waals surface area contributed by atoms with Gasteiger partial charge in [0.1, 0.15) is 5.82 Å². The number of halogens is 6. The van der Waals surface area contributed by atoms with Crippen LogP contribution >= 0.6 is 11.3 Å². The molecule has 1 aromatic carbocycles. The molecule has 0 fully saturated rings. The lowest BCUT2D eigenvalue weighted by Gasteiger charge is -2.22. The molecular formula is C21H16F6N4O2S. The Bertz CT molecular complexity index is 1210. The molecule has 2 aromatic heterocycles. The van der Waals surface area contributed by atoms with Gasteiger partial charge in [-0.1, -0.05) is 18.2 Å². The minimum atomic E-state index is -4.76. The molecule has 0 saturated carbocycles. The van der Waals surface area contributed by atoms with Crippen LogP contribution in [-0.4, -0.2) is 27.3 Å². The van der Waals surface area contributed by atoms with Crippen molar-refractivity contribution in [1.82, 2.24) is 15.1 Å². The van der Waals surface area contributed by atoms with E-state index in [9.17, 15) is 36.2 Å². The maximum atomic E-state index is 13.6. The lowest BCUT2D eigenvalue weighted by atomic mass is 10.1. The number of rotatable bonds is 5. The number of carbonyl (C=O) groups excluding carboxylic acids is 1. The average molecular weight is 502 g/mol. The fourth-order valence-electron chi connectivity index (χ4n) is 3.40. The van der Waals surface area contributed by atoms with Crippen molar-refractivity contribution >= 4 is 23.1 Å². The zero-order chi connectivity index (χ0) is 24.7. The Labute approximate surface area is 192 Å². The first-order valence-electron chi connectivity index (χ1n) is 9.75. The van der Waals surface area contributed by atoms with Crippen molar-refractivity contribution < 1.29 is 36.2 Å². The predicted molar refractivity (Wildman–Crippen MR) is 112 cm³/mol. The number of benzene rings is 1. The van der Waals surface area contributed by atoms with Crippen molar-refractivity contribution in [3.05, 3.63) is 70.4 Å². The van der Waals surface area contributed by atoms with Gasteiger partial charge in [0, 0.05) is 10.6 Å². The molecule has 3 N–H and O–H groups in total. The molecule has 1 unspecified atom stereocenters. The number of aliphatic hydroxyl groups is 1. The SMILES string of the molecule is O=C(Cc1ccc(C(F)(F)F)cc1)NCC1=CC(O)n2nc(C(F)(F)F)c(-c3cccs3)c2N1. The van der Waals surface area contributed by atoms with Gasteiger partial charge in [-0.25, -0.2) is 4.68 Å². The van der Waals surface area contributed by atoms with Crippen LogP contribution in [0.3, 0.4) is 0 Å². The van der Waals surface area contributed by atoms with Crippen LogP contribution in [0.15, 0.2) is 53.6 Å². The summed E-state index contributed by atoms with van der Waals surface area (Å²) >= 11 is 1.07. The average Bonchev–Trinajstić information content (AvgIpc) is 3.39. The molecular weight excluding hydrogens is 486 g/mol. The van der Waals surface area contributed by atoms with Crippen molar-refractivity contribution in [2.75, 3.05) is 11.9 Å². The molecule has 3 heterocycles. The van der Waals surface area contributed by atoms with E-state index in [4.69, 9.17) is 0 Å². The molecule has 0 bridgehead atoms. The standard InChI is InChI=1S/C21H16F6N4O2S/c22-20(23,24)12-5-3-11(4-6-12)8-15(32)28-10-13-9-16(33)31-19(29-13)17(14-2-1-7-34-14)18(30-31)21(25,26)27/h1-7,9,16,29,33H,8,10H2,(H,28,32). The molecule has 0 spiro atoms. The fraction of sp³-hybridized carbons (Fsp3) is 0.238. The zero-order valence-electron chi connectivity index (χ0n) is 17.0. The molecule has 1 aliphatic heterocycles. The highest BCUT2D eigenvalue weighted by Gasteiger charge is 2.41. The van der Waals surface area contributed by atoms with Gasteiger partial charge in [-0.05, 0) is 35.2 Å². The third-order valence-corrected chi connectivity index (χ3v) is 5.84. The van der Waals surface area contributed by atoms with Crippen molar-refractivity contribution in [1.29, 1.82) is 0 Å². The summed E-state index contributed by atoms with van der Waals surface area (Å²) < 4.78 is 79.5. The topological polar surface area (TPSA) is 79.2 Å². The Morgan fingerprint density at radius 3 is 2.41 bits per heavy atom. The van der Waals surface area contributed by atoms with Crippen LogP contribution in [-0.2, 0) is 23.6 Å². The van der Waals surface area contributed by atoms with Gasteiger partial charge in [-0.3, -0.25) is 4.79 Å². The number of alkyl halides is 6. The first-order chi connectivity index (χ1) is 15.9. The molecule has 13 heteroatoms. The van der Waals surface area contributed by atoms with Crippen LogP contribution in [0, 0.1) is 0 Å². The van der Waals surface area contributed by atoms with Gasteiger partial charge in [-0.2, -0.15) is 31.4 Å². The third kappa shape index (κ3) is 4.94. The summed E-state index contributed by atoms with van der Waals surface area (Å²) in [6.45, 7) is -0.160. The summed E-state index contributed by atoms with van der Waals surface area (Å²) in [5.74, 6) is -0.595. The summed E-state index contributed by atoms with van der Waals surface area (Å²) in [6.07, 6.45) is -9.75. The van der Waals surface area contributed by atoms with Gasteiger partial charge in [-0.15, -0.1) is 11.3 Å². The number of nitrogens with one attached hydrogen (secondary N) is 2. The molecule has 0 saturated heterocycles. The van der Waals surface area contributed by atoms with E-state index in [0.717, 1.165) is 28.2 Å². The molecule has 3 aromatic rings. The number of nitrogens with zero attached hydrogens (tertiary/aromatic N) is 2. The minimum Gasteiger partial charge on any atom is -0.368 e. The first-order valence-corrected chi connectivity index (χ1v) is 10.6. The highest BCUT2D eigenvalue weighted by atomic mass is 32.1. The van der Waals surface area contributed by atoms with E-state index in [1.165, 1.54) is 24.3 Å². The monoisotopic (exact) mass is 502 g/mol. The van der Waals surface area contributed by atoms with Crippen molar-refractivity contribution in [3.63, 3.8) is 0 Å². The summed E-state index contributed by atoms with van der Waals surface area (Å²) in [5, 5.41) is 20.8. The second-order valence-corrected chi connectivity index (χ2v) is 8.32. The highest BCUT2D eigenvalue weighted by molar-refractivity contribution is 7.13. The van der Waals surface area contributed by atoms with Gasteiger partial charge in [0.05, 0.1) is 24.1 Å². The summed E-state index contributed by atoms with van der Waals surface area (Å²) in [7, 11) is 0. The largest absolute Gasteiger partial charge is 0.435 e. The number of carbonyl (C=O) groups is 1. The van der Waals surface area contributed by atoms with Crippen LogP contribution in [0.4, 0.5) is 32.2 Å². The maximum Gasteiger partial charge on any atom is 0.435 e. The minimum absolute atomic E-state index is 0.0724. The second-order valence-electron chi connectivity index (χ2n) is 7.37. The van der Waals surface area contributed by atoms with E-state index >= 15 is 0 Å². The quantitative estimate of drug-likeness (QED) is 0.438. The Hall–Kier alpha value is -3.32. The Morgan fingerprint density at radius 2 is 1.82 bits per heavy atom. The van der Waals surface area contributed by atoms with Gasteiger partial charge in [0.2, 0.25) is 5.91 Å². The van der Waals surface area contributed by atoms with Gasteiger partial charge in [0.15, 0.2) is 11.9 Å². The number of fused-ring (bicyclic) bond motifs is 1. The zero-order valence-corrected chi connectivity index (χ0v) is 17.9. The number of hydrogen-bond donors (Lipinski definition) is 3. The first kappa shape index (κ1) is 23.8. The Balaban J connectivity index is 1.47.